The highest BCUT2D eigenvalue weighted by Gasteiger charge is 2.27. The van der Waals surface area contributed by atoms with Crippen molar-refractivity contribution in [2.75, 3.05) is 32.8 Å². The summed E-state index contributed by atoms with van der Waals surface area (Å²) in [5.41, 5.74) is 0.832. The normalized spacial score (nSPS) is 12.6. The predicted octanol–water partition coefficient (Wildman–Crippen LogP) is 1.34. The van der Waals surface area contributed by atoms with Gasteiger partial charge < -0.3 is 24.8 Å². The Kier molecular flexibility index (Phi) is 11.0. The zero-order valence-electron chi connectivity index (χ0n) is 15.7. The topological polar surface area (TPSA) is 103 Å². The standard InChI is InChI=1S/C18H26N2O6S/c1-24-12-15(17(22)26-11-13-7-5-4-6-8-13)19-16(21)14(9-10-27-3)20-18(23)25-2/h4-8,14-15H,9-12H2,1-3H3,(H,19,21)(H,20,23)/t14-,15+/m0/s1. The first-order chi connectivity index (χ1) is 13.0. The summed E-state index contributed by atoms with van der Waals surface area (Å²) in [5.74, 6) is -0.473. The van der Waals surface area contributed by atoms with Gasteiger partial charge in [-0.1, -0.05) is 30.3 Å². The largest absolute Gasteiger partial charge is 0.459 e. The van der Waals surface area contributed by atoms with Gasteiger partial charge in [0.15, 0.2) is 6.04 Å². The van der Waals surface area contributed by atoms with E-state index in [0.717, 1.165) is 5.56 Å². The van der Waals surface area contributed by atoms with Gasteiger partial charge in [-0.2, -0.15) is 11.8 Å². The van der Waals surface area contributed by atoms with Crippen molar-refractivity contribution in [2.24, 2.45) is 0 Å². The molecular formula is C18H26N2O6S. The highest BCUT2D eigenvalue weighted by molar-refractivity contribution is 7.98. The third kappa shape index (κ3) is 8.78. The SMILES string of the molecule is COC[C@@H](NC(=O)[C@H](CCSC)NC(=O)OC)C(=O)OCc1ccccc1. The van der Waals surface area contributed by atoms with Gasteiger partial charge in [-0.3, -0.25) is 4.79 Å². The van der Waals surface area contributed by atoms with Crippen molar-refractivity contribution in [1.82, 2.24) is 10.6 Å². The van der Waals surface area contributed by atoms with Crippen LogP contribution in [0.1, 0.15) is 12.0 Å². The molecule has 9 heteroatoms. The maximum absolute atomic E-state index is 12.5. The Morgan fingerprint density at radius 1 is 1.07 bits per heavy atom. The summed E-state index contributed by atoms with van der Waals surface area (Å²) in [5, 5.41) is 5.04. The van der Waals surface area contributed by atoms with Gasteiger partial charge in [0.05, 0.1) is 13.7 Å². The number of carbonyl (C=O) groups excluding carboxylic acids is 3. The maximum atomic E-state index is 12.5. The molecule has 0 radical (unpaired) electrons. The van der Waals surface area contributed by atoms with E-state index in [0.29, 0.717) is 12.2 Å². The smallest absolute Gasteiger partial charge is 0.407 e. The van der Waals surface area contributed by atoms with Crippen LogP contribution in [0.2, 0.25) is 0 Å². The highest BCUT2D eigenvalue weighted by Crippen LogP contribution is 2.05. The minimum atomic E-state index is -0.984. The molecule has 0 aliphatic heterocycles. The monoisotopic (exact) mass is 398 g/mol. The van der Waals surface area contributed by atoms with Crippen molar-refractivity contribution >= 4 is 29.7 Å². The molecule has 0 heterocycles. The van der Waals surface area contributed by atoms with Crippen molar-refractivity contribution in [3.05, 3.63) is 35.9 Å². The molecule has 0 saturated carbocycles. The average Bonchev–Trinajstić information content (AvgIpc) is 2.69. The molecule has 2 amide bonds. The van der Waals surface area contributed by atoms with Gasteiger partial charge >= 0.3 is 12.1 Å². The molecule has 1 aromatic carbocycles. The van der Waals surface area contributed by atoms with Crippen LogP contribution in [0, 0.1) is 0 Å². The minimum Gasteiger partial charge on any atom is -0.459 e. The van der Waals surface area contributed by atoms with Gasteiger partial charge in [0.1, 0.15) is 12.6 Å². The summed E-state index contributed by atoms with van der Waals surface area (Å²) >= 11 is 1.53. The molecular weight excluding hydrogens is 372 g/mol. The molecule has 150 valence electrons. The Morgan fingerprint density at radius 3 is 2.37 bits per heavy atom. The van der Waals surface area contributed by atoms with Crippen LogP contribution in [0.15, 0.2) is 30.3 Å². The molecule has 8 nitrogen and oxygen atoms in total. The molecule has 2 N–H and O–H groups in total. The molecule has 0 saturated heterocycles. The first kappa shape index (κ1) is 22.8. The second kappa shape index (κ2) is 13.0. The molecule has 0 bridgehead atoms. The molecule has 1 rings (SSSR count). The fourth-order valence-electron chi connectivity index (χ4n) is 2.14. The summed E-state index contributed by atoms with van der Waals surface area (Å²) in [7, 11) is 2.63. The van der Waals surface area contributed by atoms with Gasteiger partial charge in [-0.25, -0.2) is 9.59 Å². The number of carbonyl (C=O) groups is 3. The Hall–Kier alpha value is -2.26. The molecule has 0 fully saturated rings. The summed E-state index contributed by atoms with van der Waals surface area (Å²) in [6, 6.07) is 7.39. The fraction of sp³-hybridized carbons (Fsp3) is 0.500. The van der Waals surface area contributed by atoms with E-state index in [1.54, 1.807) is 0 Å². The second-order valence-corrected chi connectivity index (χ2v) is 6.57. The first-order valence-corrected chi connectivity index (χ1v) is 9.74. The number of methoxy groups -OCH3 is 2. The molecule has 0 unspecified atom stereocenters. The maximum Gasteiger partial charge on any atom is 0.407 e. The predicted molar refractivity (Wildman–Crippen MR) is 102 cm³/mol. The lowest BCUT2D eigenvalue weighted by Crippen LogP contribution is -2.53. The van der Waals surface area contributed by atoms with E-state index in [2.05, 4.69) is 15.4 Å². The third-order valence-corrected chi connectivity index (χ3v) is 4.21. The number of hydrogen-bond acceptors (Lipinski definition) is 7. The zero-order valence-corrected chi connectivity index (χ0v) is 16.5. The van der Waals surface area contributed by atoms with Crippen molar-refractivity contribution in [3.63, 3.8) is 0 Å². The molecule has 0 aliphatic carbocycles. The van der Waals surface area contributed by atoms with Gasteiger partial charge in [0.2, 0.25) is 5.91 Å². The number of nitrogens with one attached hydrogen (secondary N) is 2. The second-order valence-electron chi connectivity index (χ2n) is 5.58. The van der Waals surface area contributed by atoms with Crippen LogP contribution in [-0.2, 0) is 30.4 Å². The van der Waals surface area contributed by atoms with Crippen molar-refractivity contribution in [3.8, 4) is 0 Å². The van der Waals surface area contributed by atoms with Crippen molar-refractivity contribution < 1.29 is 28.6 Å². The van der Waals surface area contributed by atoms with E-state index in [9.17, 15) is 14.4 Å². The van der Waals surface area contributed by atoms with E-state index in [-0.39, 0.29) is 13.2 Å². The number of alkyl carbamates (subject to hydrolysis) is 1. The summed E-state index contributed by atoms with van der Waals surface area (Å²) in [6.45, 7) is 0.0406. The molecule has 0 aliphatic rings. The van der Waals surface area contributed by atoms with Crippen LogP contribution in [0.5, 0.6) is 0 Å². The summed E-state index contributed by atoms with van der Waals surface area (Å²) in [4.78, 5) is 36.3. The molecule has 2 atom stereocenters. The van der Waals surface area contributed by atoms with Crippen LogP contribution in [0.25, 0.3) is 0 Å². The quantitative estimate of drug-likeness (QED) is 0.542. The van der Waals surface area contributed by atoms with E-state index in [4.69, 9.17) is 9.47 Å². The molecule has 27 heavy (non-hydrogen) atoms. The zero-order chi connectivity index (χ0) is 20.1. The Labute approximate surface area is 163 Å². The van der Waals surface area contributed by atoms with E-state index >= 15 is 0 Å². The van der Waals surface area contributed by atoms with Crippen LogP contribution in [0.4, 0.5) is 4.79 Å². The summed E-state index contributed by atoms with van der Waals surface area (Å²) < 4.78 is 14.8. The Bertz CT molecular complexity index is 599. The van der Waals surface area contributed by atoms with Gasteiger partial charge in [-0.05, 0) is 24.0 Å². The van der Waals surface area contributed by atoms with Crippen LogP contribution >= 0.6 is 11.8 Å². The van der Waals surface area contributed by atoms with Gasteiger partial charge in [0, 0.05) is 7.11 Å². The van der Waals surface area contributed by atoms with Crippen molar-refractivity contribution in [1.29, 1.82) is 0 Å². The minimum absolute atomic E-state index is 0.0488. The van der Waals surface area contributed by atoms with Gasteiger partial charge in [0.25, 0.3) is 0 Å². The number of amides is 2. The van der Waals surface area contributed by atoms with Crippen LogP contribution in [0.3, 0.4) is 0 Å². The van der Waals surface area contributed by atoms with E-state index < -0.39 is 30.1 Å². The lowest BCUT2D eigenvalue weighted by atomic mass is 10.2. The van der Waals surface area contributed by atoms with Crippen LogP contribution in [-0.4, -0.2) is 62.9 Å². The fourth-order valence-corrected chi connectivity index (χ4v) is 2.61. The van der Waals surface area contributed by atoms with Crippen molar-refractivity contribution in [2.45, 2.75) is 25.1 Å². The first-order valence-electron chi connectivity index (χ1n) is 8.35. The molecule has 0 spiro atoms. The number of benzene rings is 1. The third-order valence-electron chi connectivity index (χ3n) is 3.56. The molecule has 0 aromatic heterocycles. The summed E-state index contributed by atoms with van der Waals surface area (Å²) in [6.07, 6.45) is 1.56. The number of rotatable bonds is 11. The average molecular weight is 398 g/mol. The molecule has 1 aromatic rings. The lowest BCUT2D eigenvalue weighted by molar-refractivity contribution is -0.150. The Balaban J connectivity index is 2.68. The van der Waals surface area contributed by atoms with E-state index in [1.165, 1.54) is 26.0 Å². The van der Waals surface area contributed by atoms with Gasteiger partial charge in [-0.15, -0.1) is 0 Å². The number of esters is 1. The lowest BCUT2D eigenvalue weighted by Gasteiger charge is -2.21. The number of hydrogen-bond donors (Lipinski definition) is 2. The number of ether oxygens (including phenoxy) is 3. The van der Waals surface area contributed by atoms with E-state index in [1.807, 2.05) is 36.6 Å². The highest BCUT2D eigenvalue weighted by atomic mass is 32.2. The number of thioether (sulfide) groups is 1. The van der Waals surface area contributed by atoms with Crippen LogP contribution < -0.4 is 10.6 Å². The Morgan fingerprint density at radius 2 is 1.78 bits per heavy atom.